The van der Waals surface area contributed by atoms with Crippen molar-refractivity contribution >= 4 is 23.1 Å². The van der Waals surface area contributed by atoms with Gasteiger partial charge in [0.05, 0.1) is 0 Å². The number of benzene rings is 2. The zero-order chi connectivity index (χ0) is 20.3. The third-order valence-electron chi connectivity index (χ3n) is 6.20. The number of ketones is 1. The Morgan fingerprint density at radius 2 is 1.70 bits per heavy atom. The van der Waals surface area contributed by atoms with Crippen LogP contribution >= 0.6 is 0 Å². The minimum atomic E-state index is 0.154. The minimum Gasteiger partial charge on any atom is -0.361 e. The summed E-state index contributed by atoms with van der Waals surface area (Å²) >= 11 is 0. The molecule has 2 aromatic carbocycles. The highest BCUT2D eigenvalue weighted by molar-refractivity contribution is 6.18. The number of anilines is 1. The molecule has 1 aliphatic heterocycles. The van der Waals surface area contributed by atoms with Gasteiger partial charge in [0.15, 0.2) is 5.78 Å². The smallest absolute Gasteiger partial charge is 0.186 e. The van der Waals surface area contributed by atoms with Gasteiger partial charge in [0.1, 0.15) is 0 Å². The number of nitrogens with one attached hydrogen (secondary N) is 1. The molecule has 0 fully saturated rings. The monoisotopic (exact) mass is 391 g/mol. The molecule has 148 valence electrons. The van der Waals surface area contributed by atoms with E-state index in [4.69, 9.17) is 0 Å². The molecule has 0 aromatic heterocycles. The molecule has 0 saturated heterocycles. The standard InChI is InChI=1S/C18H16O.C10H9N/c19-18-7-3-6-14-16-9-8-12-4-1-2-5-13(12)15(16)10-11-17(14)18;1-2-7-10-9(5-1)6-3-4-8-11-10/h3,6-9,11H,1-2,4-5,10H2;1-8,11H. The molecule has 2 aromatic rings. The molecule has 0 spiro atoms. The molecular weight excluding hydrogens is 366 g/mol. The van der Waals surface area contributed by atoms with E-state index in [1.807, 2.05) is 36.6 Å². The second-order valence-corrected chi connectivity index (χ2v) is 8.01. The van der Waals surface area contributed by atoms with Crippen LogP contribution in [-0.4, -0.2) is 5.78 Å². The summed E-state index contributed by atoms with van der Waals surface area (Å²) in [5, 5.41) is 3.18. The van der Waals surface area contributed by atoms with E-state index >= 15 is 0 Å². The molecule has 3 aliphatic carbocycles. The van der Waals surface area contributed by atoms with E-state index in [1.165, 1.54) is 47.9 Å². The first kappa shape index (κ1) is 18.6. The zero-order valence-electron chi connectivity index (χ0n) is 17.0. The van der Waals surface area contributed by atoms with Gasteiger partial charge in [-0.3, -0.25) is 4.79 Å². The predicted octanol–water partition coefficient (Wildman–Crippen LogP) is 6.21. The van der Waals surface area contributed by atoms with Gasteiger partial charge >= 0.3 is 0 Å². The molecule has 1 N–H and O–H groups in total. The summed E-state index contributed by atoms with van der Waals surface area (Å²) in [7, 11) is 0. The van der Waals surface area contributed by atoms with Crippen LogP contribution in [0.5, 0.6) is 0 Å². The molecule has 30 heavy (non-hydrogen) atoms. The first-order valence-electron chi connectivity index (χ1n) is 10.8. The molecular formula is C28H25NO. The minimum absolute atomic E-state index is 0.154. The fraction of sp³-hybridized carbons (Fsp3) is 0.179. The maximum absolute atomic E-state index is 11.9. The number of hydrogen-bond acceptors (Lipinski definition) is 2. The summed E-state index contributed by atoms with van der Waals surface area (Å²) in [5.74, 6) is 0.154. The molecule has 0 atom stereocenters. The first-order valence-corrected chi connectivity index (χ1v) is 10.8. The summed E-state index contributed by atoms with van der Waals surface area (Å²) in [6, 6.07) is 12.7. The van der Waals surface area contributed by atoms with Crippen molar-refractivity contribution in [2.75, 3.05) is 5.32 Å². The summed E-state index contributed by atoms with van der Waals surface area (Å²) in [5.41, 5.74) is 10.3. The summed E-state index contributed by atoms with van der Waals surface area (Å²) in [6.45, 7) is 0. The van der Waals surface area contributed by atoms with E-state index in [-0.39, 0.29) is 5.78 Å². The molecule has 1 heterocycles. The Bertz CT molecular complexity index is 1160. The maximum Gasteiger partial charge on any atom is 0.186 e. The molecule has 0 unspecified atom stereocenters. The first-order chi connectivity index (χ1) is 14.8. The highest BCUT2D eigenvalue weighted by Gasteiger charge is 2.25. The lowest BCUT2D eigenvalue weighted by molar-refractivity contribution is -0.111. The average Bonchev–Trinajstić information content (AvgIpc) is 3.05. The summed E-state index contributed by atoms with van der Waals surface area (Å²) < 4.78 is 0. The van der Waals surface area contributed by atoms with Crippen molar-refractivity contribution in [2.24, 2.45) is 0 Å². The Morgan fingerprint density at radius 1 is 0.800 bits per heavy atom. The van der Waals surface area contributed by atoms with Crippen molar-refractivity contribution in [3.63, 3.8) is 0 Å². The van der Waals surface area contributed by atoms with Gasteiger partial charge in [-0.2, -0.15) is 0 Å². The lowest BCUT2D eigenvalue weighted by Gasteiger charge is -2.27. The molecule has 6 rings (SSSR count). The van der Waals surface area contributed by atoms with Crippen molar-refractivity contribution in [1.29, 1.82) is 0 Å². The largest absolute Gasteiger partial charge is 0.361 e. The van der Waals surface area contributed by atoms with Crippen LogP contribution in [0.25, 0.3) is 11.6 Å². The van der Waals surface area contributed by atoms with Crippen LogP contribution in [0.3, 0.4) is 0 Å². The Labute approximate surface area is 178 Å². The third kappa shape index (κ3) is 3.50. The number of carbonyl (C=O) groups excluding carboxylic acids is 1. The molecule has 2 nitrogen and oxygen atoms in total. The molecule has 4 aliphatic rings. The van der Waals surface area contributed by atoms with Crippen LogP contribution in [-0.2, 0) is 24.1 Å². The summed E-state index contributed by atoms with van der Waals surface area (Å²) in [4.78, 5) is 11.9. The van der Waals surface area contributed by atoms with Crippen LogP contribution < -0.4 is 5.32 Å². The van der Waals surface area contributed by atoms with E-state index in [1.54, 1.807) is 11.6 Å². The normalized spacial score (nSPS) is 17.7. The fourth-order valence-electron chi connectivity index (χ4n) is 4.71. The topological polar surface area (TPSA) is 29.1 Å². The number of carbonyl (C=O) groups is 1. The van der Waals surface area contributed by atoms with E-state index in [2.05, 4.69) is 47.8 Å². The van der Waals surface area contributed by atoms with Gasteiger partial charge in [-0.15, -0.1) is 0 Å². The maximum atomic E-state index is 11.9. The van der Waals surface area contributed by atoms with Gasteiger partial charge in [0.2, 0.25) is 0 Å². The molecule has 0 bridgehead atoms. The van der Waals surface area contributed by atoms with Gasteiger partial charge in [0.25, 0.3) is 0 Å². The number of rotatable bonds is 0. The van der Waals surface area contributed by atoms with E-state index in [0.29, 0.717) is 0 Å². The quantitative estimate of drug-likeness (QED) is 0.578. The number of fused-ring (bicyclic) bond motifs is 6. The van der Waals surface area contributed by atoms with Gasteiger partial charge < -0.3 is 5.32 Å². The lowest BCUT2D eigenvalue weighted by atomic mass is 9.77. The van der Waals surface area contributed by atoms with Crippen LogP contribution in [0.1, 0.15) is 40.7 Å². The van der Waals surface area contributed by atoms with Gasteiger partial charge in [-0.1, -0.05) is 60.7 Å². The van der Waals surface area contributed by atoms with Gasteiger partial charge in [-0.05, 0) is 83.7 Å². The average molecular weight is 392 g/mol. The van der Waals surface area contributed by atoms with Crippen LogP contribution in [0, 0.1) is 0 Å². The van der Waals surface area contributed by atoms with Crippen LogP contribution in [0.2, 0.25) is 0 Å². The predicted molar refractivity (Wildman–Crippen MR) is 125 cm³/mol. The Balaban J connectivity index is 0.000000149. The second-order valence-electron chi connectivity index (χ2n) is 8.01. The van der Waals surface area contributed by atoms with E-state index in [9.17, 15) is 4.79 Å². The molecule has 0 saturated carbocycles. The molecule has 0 amide bonds. The Kier molecular flexibility index (Phi) is 5.06. The summed E-state index contributed by atoms with van der Waals surface area (Å²) in [6.07, 6.45) is 21.7. The molecule has 2 heteroatoms. The highest BCUT2D eigenvalue weighted by atomic mass is 16.1. The number of allylic oxidation sites excluding steroid dienone is 8. The number of para-hydroxylation sites is 1. The SMILES string of the molecule is C1=CNc2ccccc2C=C1.O=C1C=CC=C2C1=CCc1c2ccc2c1CCCC2. The number of aryl methyl sites for hydroxylation is 1. The van der Waals surface area contributed by atoms with Gasteiger partial charge in [-0.25, -0.2) is 0 Å². The van der Waals surface area contributed by atoms with E-state index < -0.39 is 0 Å². The Hall–Kier alpha value is -3.39. The van der Waals surface area contributed by atoms with Crippen molar-refractivity contribution in [3.8, 4) is 0 Å². The second kappa shape index (κ2) is 8.16. The van der Waals surface area contributed by atoms with Crippen molar-refractivity contribution in [3.05, 3.63) is 112 Å². The van der Waals surface area contributed by atoms with Crippen molar-refractivity contribution in [1.82, 2.24) is 0 Å². The Morgan fingerprint density at radius 3 is 2.67 bits per heavy atom. The van der Waals surface area contributed by atoms with Crippen LogP contribution in [0.15, 0.2) is 84.6 Å². The lowest BCUT2D eigenvalue weighted by Crippen LogP contribution is -2.15. The van der Waals surface area contributed by atoms with Crippen LogP contribution in [0.4, 0.5) is 5.69 Å². The van der Waals surface area contributed by atoms with Crippen molar-refractivity contribution < 1.29 is 4.79 Å². The van der Waals surface area contributed by atoms with Crippen molar-refractivity contribution in [2.45, 2.75) is 32.1 Å². The fourth-order valence-corrected chi connectivity index (χ4v) is 4.71. The molecule has 0 radical (unpaired) electrons. The van der Waals surface area contributed by atoms with Gasteiger partial charge in [0, 0.05) is 17.5 Å². The number of hydrogen-bond donors (Lipinski definition) is 1. The highest BCUT2D eigenvalue weighted by Crippen LogP contribution is 2.38. The zero-order valence-corrected chi connectivity index (χ0v) is 17.0. The van der Waals surface area contributed by atoms with E-state index in [0.717, 1.165) is 23.3 Å². The third-order valence-corrected chi connectivity index (χ3v) is 6.20.